The average molecular weight is 185 g/mol. The summed E-state index contributed by atoms with van der Waals surface area (Å²) < 4.78 is 9.59. The maximum atomic E-state index is 8.32. The van der Waals surface area contributed by atoms with Crippen LogP contribution in [0.1, 0.15) is 0 Å². The number of rotatable bonds is 3. The first kappa shape index (κ1) is 9.22. The summed E-state index contributed by atoms with van der Waals surface area (Å²) in [5, 5.41) is 8.76. The molecule has 0 aliphatic rings. The van der Waals surface area contributed by atoms with E-state index in [1.807, 2.05) is 0 Å². The normalized spacial score (nSPS) is 9.25. The molecule has 0 unspecified atom stereocenters. The molecule has 0 aliphatic heterocycles. The first-order valence-electron chi connectivity index (χ1n) is 3.24. The van der Waals surface area contributed by atoms with Crippen LogP contribution in [-0.2, 0) is 0 Å². The summed E-state index contributed by atoms with van der Waals surface area (Å²) in [4.78, 5) is 0. The van der Waals surface area contributed by atoms with Gasteiger partial charge in [0.05, 0.1) is 12.1 Å². The molecule has 1 rings (SSSR count). The van der Waals surface area contributed by atoms with Crippen LogP contribution in [0.4, 0.5) is 0 Å². The van der Waals surface area contributed by atoms with Crippen LogP contribution in [0, 0.1) is 0 Å². The van der Waals surface area contributed by atoms with Gasteiger partial charge in [-0.25, -0.2) is 0 Å². The van der Waals surface area contributed by atoms with E-state index in [4.69, 9.17) is 21.4 Å². The van der Waals surface area contributed by atoms with Crippen LogP contribution in [0.3, 0.4) is 0 Å². The Balaban J connectivity index is 2.86. The molecule has 5 heteroatoms. The molecule has 0 spiro atoms. The zero-order chi connectivity index (χ0) is 8.97. The Morgan fingerprint density at radius 1 is 1.50 bits per heavy atom. The van der Waals surface area contributed by atoms with Gasteiger partial charge >= 0.3 is 7.69 Å². The van der Waals surface area contributed by atoms with E-state index in [9.17, 15) is 0 Å². The zero-order valence-corrected chi connectivity index (χ0v) is 7.21. The molecular weight excluding hydrogens is 178 g/mol. The number of methoxy groups -OCH3 is 1. The molecule has 63 valence electrons. The van der Waals surface area contributed by atoms with Crippen LogP contribution in [0.2, 0.25) is 5.02 Å². The summed E-state index contributed by atoms with van der Waals surface area (Å²) in [6.07, 6.45) is 0. The van der Waals surface area contributed by atoms with Crippen molar-refractivity contribution < 1.29 is 14.4 Å². The molecule has 0 amide bonds. The lowest BCUT2D eigenvalue weighted by Crippen LogP contribution is -1.99. The fourth-order valence-corrected chi connectivity index (χ4v) is 1.03. The molecule has 1 N–H and O–H groups in total. The fourth-order valence-electron chi connectivity index (χ4n) is 0.781. The maximum Gasteiger partial charge on any atom is 0.569 e. The third-order valence-corrected chi connectivity index (χ3v) is 1.61. The predicted octanol–water partition coefficient (Wildman–Crippen LogP) is 1.25. The molecule has 0 saturated heterocycles. The van der Waals surface area contributed by atoms with Gasteiger partial charge in [-0.05, 0) is 12.1 Å². The lowest BCUT2D eigenvalue weighted by molar-refractivity contribution is 0.413. The van der Waals surface area contributed by atoms with Gasteiger partial charge in [0.25, 0.3) is 0 Å². The van der Waals surface area contributed by atoms with Crippen molar-refractivity contribution in [2.45, 2.75) is 0 Å². The summed E-state index contributed by atoms with van der Waals surface area (Å²) in [7, 11) is 2.12. The molecule has 1 radical (unpaired) electrons. The Hall–Kier alpha value is -0.865. The molecule has 0 heterocycles. The van der Waals surface area contributed by atoms with E-state index >= 15 is 0 Å². The minimum Gasteiger partial charge on any atom is -0.537 e. The number of hydrogen-bond donors (Lipinski definition) is 1. The molecule has 1 aromatic carbocycles. The number of halogens is 1. The highest BCUT2D eigenvalue weighted by Gasteiger charge is 2.01. The van der Waals surface area contributed by atoms with Crippen LogP contribution in [0.15, 0.2) is 18.2 Å². The lowest BCUT2D eigenvalue weighted by Gasteiger charge is -2.05. The Bertz CT molecular complexity index is 267. The molecule has 3 nitrogen and oxygen atoms in total. The van der Waals surface area contributed by atoms with Gasteiger partial charge in [0, 0.05) is 6.07 Å². The molecule has 0 aromatic heterocycles. The summed E-state index contributed by atoms with van der Waals surface area (Å²) in [5.41, 5.74) is 0. The Labute approximate surface area is 76.2 Å². The van der Waals surface area contributed by atoms with Crippen molar-refractivity contribution in [3.8, 4) is 11.5 Å². The molecule has 0 atom stereocenters. The molecular formula is C7H7BClO3. The van der Waals surface area contributed by atoms with Crippen molar-refractivity contribution in [2.24, 2.45) is 0 Å². The van der Waals surface area contributed by atoms with E-state index in [1.165, 1.54) is 7.11 Å². The molecule has 0 aliphatic carbocycles. The fraction of sp³-hybridized carbons (Fsp3) is 0.143. The van der Waals surface area contributed by atoms with Crippen LogP contribution in [0.25, 0.3) is 0 Å². The van der Waals surface area contributed by atoms with E-state index in [0.29, 0.717) is 24.2 Å². The Morgan fingerprint density at radius 3 is 2.75 bits per heavy atom. The van der Waals surface area contributed by atoms with Gasteiger partial charge < -0.3 is 14.4 Å². The van der Waals surface area contributed by atoms with Crippen molar-refractivity contribution in [1.29, 1.82) is 0 Å². The highest BCUT2D eigenvalue weighted by atomic mass is 35.5. The number of hydrogen-bond acceptors (Lipinski definition) is 3. The van der Waals surface area contributed by atoms with Crippen molar-refractivity contribution in [1.82, 2.24) is 0 Å². The van der Waals surface area contributed by atoms with Crippen molar-refractivity contribution in [3.05, 3.63) is 23.2 Å². The largest absolute Gasteiger partial charge is 0.569 e. The SMILES string of the molecule is COc1ccc(O[B]O)cc1Cl. The van der Waals surface area contributed by atoms with Crippen LogP contribution < -0.4 is 9.39 Å². The lowest BCUT2D eigenvalue weighted by atomic mass is 10.3. The van der Waals surface area contributed by atoms with E-state index < -0.39 is 0 Å². The molecule has 0 saturated carbocycles. The molecule has 1 aromatic rings. The number of benzene rings is 1. The topological polar surface area (TPSA) is 38.7 Å². The summed E-state index contributed by atoms with van der Waals surface area (Å²) in [5.74, 6) is 1.03. The second kappa shape index (κ2) is 4.23. The molecule has 12 heavy (non-hydrogen) atoms. The van der Waals surface area contributed by atoms with E-state index in [1.54, 1.807) is 18.2 Å². The van der Waals surface area contributed by atoms with Gasteiger partial charge in [0.15, 0.2) is 0 Å². The smallest absolute Gasteiger partial charge is 0.537 e. The van der Waals surface area contributed by atoms with Gasteiger partial charge in [-0.1, -0.05) is 11.6 Å². The Kier molecular flexibility index (Phi) is 3.25. The van der Waals surface area contributed by atoms with Gasteiger partial charge in [-0.2, -0.15) is 0 Å². The third-order valence-electron chi connectivity index (χ3n) is 1.31. The first-order chi connectivity index (χ1) is 5.77. The number of ether oxygens (including phenoxy) is 1. The van der Waals surface area contributed by atoms with Gasteiger partial charge in [0.2, 0.25) is 0 Å². The highest BCUT2D eigenvalue weighted by Crippen LogP contribution is 2.27. The van der Waals surface area contributed by atoms with Gasteiger partial charge in [0.1, 0.15) is 11.5 Å². The van der Waals surface area contributed by atoms with Gasteiger partial charge in [-0.15, -0.1) is 0 Å². The predicted molar refractivity (Wildman–Crippen MR) is 46.6 cm³/mol. The van der Waals surface area contributed by atoms with E-state index in [-0.39, 0.29) is 0 Å². The summed E-state index contributed by atoms with van der Waals surface area (Å²) in [6.45, 7) is 0. The van der Waals surface area contributed by atoms with Crippen LogP contribution in [0.5, 0.6) is 11.5 Å². The molecule has 0 bridgehead atoms. The van der Waals surface area contributed by atoms with E-state index in [0.717, 1.165) is 0 Å². The quantitative estimate of drug-likeness (QED) is 0.721. The van der Waals surface area contributed by atoms with Crippen molar-refractivity contribution in [2.75, 3.05) is 7.11 Å². The summed E-state index contributed by atoms with van der Waals surface area (Å²) in [6, 6.07) is 4.84. The zero-order valence-electron chi connectivity index (χ0n) is 6.45. The second-order valence-corrected chi connectivity index (χ2v) is 2.43. The minimum atomic E-state index is 0.442. The Morgan fingerprint density at radius 2 is 2.25 bits per heavy atom. The summed E-state index contributed by atoms with van der Waals surface area (Å²) >= 11 is 5.76. The third kappa shape index (κ3) is 2.06. The van der Waals surface area contributed by atoms with Crippen LogP contribution in [-0.4, -0.2) is 19.8 Å². The van der Waals surface area contributed by atoms with E-state index in [2.05, 4.69) is 4.65 Å². The second-order valence-electron chi connectivity index (χ2n) is 2.02. The maximum absolute atomic E-state index is 8.32. The highest BCUT2D eigenvalue weighted by molar-refractivity contribution is 6.32. The first-order valence-corrected chi connectivity index (χ1v) is 3.62. The van der Waals surface area contributed by atoms with Crippen molar-refractivity contribution in [3.63, 3.8) is 0 Å². The standard InChI is InChI=1S/C7H7BClO3/c1-11-7-3-2-5(12-8-10)4-6(7)9/h2-4,10H,1H3. The molecule has 0 fully saturated rings. The minimum absolute atomic E-state index is 0.442. The monoisotopic (exact) mass is 185 g/mol. The van der Waals surface area contributed by atoms with Crippen LogP contribution >= 0.6 is 11.6 Å². The average Bonchev–Trinajstić information content (AvgIpc) is 2.05. The van der Waals surface area contributed by atoms with Crippen molar-refractivity contribution >= 4 is 19.3 Å². The van der Waals surface area contributed by atoms with Gasteiger partial charge in [-0.3, -0.25) is 0 Å².